The van der Waals surface area contributed by atoms with Crippen LogP contribution in [0, 0.1) is 0 Å². The van der Waals surface area contributed by atoms with Gasteiger partial charge in [-0.3, -0.25) is 0 Å². The lowest BCUT2D eigenvalue weighted by molar-refractivity contribution is 0.702. The topological polar surface area (TPSA) is 140 Å². The Morgan fingerprint density at radius 2 is 0.800 bits per heavy atom. The van der Waals surface area contributed by atoms with Crippen LogP contribution < -0.4 is 24.6 Å². The van der Waals surface area contributed by atoms with Crippen molar-refractivity contribution in [2.24, 2.45) is 0 Å². The van der Waals surface area contributed by atoms with Gasteiger partial charge in [0.1, 0.15) is 0 Å². The first-order valence-electron chi connectivity index (χ1n) is 2.91. The second-order valence-corrected chi connectivity index (χ2v) is 1.71. The number of unbranched alkanes of at least 4 members (excludes halogenated alkanes) is 3. The second kappa shape index (κ2) is 36.8. The van der Waals surface area contributed by atoms with Gasteiger partial charge in [-0.15, -0.1) is 0 Å². The molecule has 0 aromatic carbocycles. The molecule has 0 bridgehead atoms. The van der Waals surface area contributed by atoms with Crippen LogP contribution in [0.1, 0.15) is 39.5 Å². The molecule has 0 heterocycles. The van der Waals surface area contributed by atoms with Gasteiger partial charge in [0, 0.05) is 0 Å². The monoisotopic (exact) mass is 154 g/mol. The third-order valence-corrected chi connectivity index (χ3v) is 0.957. The maximum atomic E-state index is 2.23. The molecule has 0 unspecified atom stereocenters. The molecule has 0 radical (unpaired) electrons. The van der Waals surface area contributed by atoms with E-state index >= 15 is 0 Å². The summed E-state index contributed by atoms with van der Waals surface area (Å²) in [5, 5.41) is 0. The summed E-state index contributed by atoms with van der Waals surface area (Å²) >= 11 is 0. The molecule has 0 spiro atoms. The van der Waals surface area contributed by atoms with Crippen LogP contribution in [-0.2, 0) is 0 Å². The third-order valence-electron chi connectivity index (χ3n) is 0.957. The van der Waals surface area contributed by atoms with E-state index in [0.29, 0.717) is 0 Å². The molecule has 0 saturated heterocycles. The highest BCUT2D eigenvalue weighted by molar-refractivity contribution is 4.31. The van der Waals surface area contributed by atoms with E-state index in [1.807, 2.05) is 0 Å². The van der Waals surface area contributed by atoms with Gasteiger partial charge in [0.15, 0.2) is 0 Å². The molecular formula is C6H26N4. The van der Waals surface area contributed by atoms with Crippen LogP contribution in [-0.4, -0.2) is 0 Å². The lowest BCUT2D eigenvalue weighted by Gasteiger charge is -1.86. The Labute approximate surface area is 65.1 Å². The van der Waals surface area contributed by atoms with Crippen LogP contribution in [0.3, 0.4) is 0 Å². The molecule has 4 heteroatoms. The van der Waals surface area contributed by atoms with Crippen molar-refractivity contribution < 1.29 is 0 Å². The predicted octanol–water partition coefficient (Wildman–Crippen LogP) is 3.23. The normalized spacial score (nSPS) is 5.40. The van der Waals surface area contributed by atoms with Gasteiger partial charge in [0.25, 0.3) is 0 Å². The molecule has 0 fully saturated rings. The fraction of sp³-hybridized carbons (Fsp3) is 1.00. The summed E-state index contributed by atoms with van der Waals surface area (Å²) in [6.07, 6.45) is 5.54. The van der Waals surface area contributed by atoms with Crippen LogP contribution in [0.5, 0.6) is 0 Å². The Morgan fingerprint density at radius 3 is 0.900 bits per heavy atom. The number of hydrogen-bond acceptors (Lipinski definition) is 4. The maximum Gasteiger partial charge on any atom is -0.0536 e. The van der Waals surface area contributed by atoms with E-state index in [2.05, 4.69) is 13.8 Å². The Morgan fingerprint density at radius 1 is 0.600 bits per heavy atom. The Kier molecular flexibility index (Phi) is 121. The van der Waals surface area contributed by atoms with Crippen molar-refractivity contribution in [1.29, 1.82) is 0 Å². The molecule has 10 heavy (non-hydrogen) atoms. The first-order valence-corrected chi connectivity index (χ1v) is 2.91. The minimum absolute atomic E-state index is 0. The predicted molar refractivity (Wildman–Crippen MR) is 49.9 cm³/mol. The molecule has 70 valence electrons. The van der Waals surface area contributed by atoms with Gasteiger partial charge in [-0.05, 0) is 0 Å². The van der Waals surface area contributed by atoms with Crippen molar-refractivity contribution in [3.63, 3.8) is 0 Å². The Hall–Kier alpha value is -0.160. The minimum atomic E-state index is 0. The average molecular weight is 154 g/mol. The third kappa shape index (κ3) is 45.5. The zero-order valence-electron chi connectivity index (χ0n) is 7.66. The van der Waals surface area contributed by atoms with Crippen LogP contribution in [0.15, 0.2) is 0 Å². The summed E-state index contributed by atoms with van der Waals surface area (Å²) in [5.74, 6) is 0. The van der Waals surface area contributed by atoms with Gasteiger partial charge in [-0.2, -0.15) is 0 Å². The molecule has 0 amide bonds. The van der Waals surface area contributed by atoms with E-state index in [4.69, 9.17) is 0 Å². The summed E-state index contributed by atoms with van der Waals surface area (Å²) in [6.45, 7) is 4.46. The summed E-state index contributed by atoms with van der Waals surface area (Å²) in [4.78, 5) is 0. The zero-order valence-corrected chi connectivity index (χ0v) is 7.66. The summed E-state index contributed by atoms with van der Waals surface area (Å²) in [5.41, 5.74) is 0. The fourth-order valence-corrected chi connectivity index (χ4v) is 0.500. The Bertz CT molecular complexity index is 21.7. The summed E-state index contributed by atoms with van der Waals surface area (Å²) < 4.78 is 0. The first kappa shape index (κ1) is 32.8. The molecule has 0 saturated carbocycles. The molecule has 12 N–H and O–H groups in total. The highest BCUT2D eigenvalue weighted by Crippen LogP contribution is 1.95. The highest BCUT2D eigenvalue weighted by Gasteiger charge is 1.75. The van der Waals surface area contributed by atoms with Crippen molar-refractivity contribution in [1.82, 2.24) is 24.6 Å². The number of hydrogen-bond donors (Lipinski definition) is 4. The first-order chi connectivity index (χ1) is 2.91. The van der Waals surface area contributed by atoms with E-state index in [9.17, 15) is 0 Å². The maximum absolute atomic E-state index is 2.23. The molecule has 0 aromatic heterocycles. The summed E-state index contributed by atoms with van der Waals surface area (Å²) in [6, 6.07) is 0. The molecule has 0 aliphatic heterocycles. The molecule has 0 aromatic rings. The van der Waals surface area contributed by atoms with Crippen molar-refractivity contribution in [3.8, 4) is 0 Å². The zero-order chi connectivity index (χ0) is 4.83. The summed E-state index contributed by atoms with van der Waals surface area (Å²) in [7, 11) is 0. The Balaban J connectivity index is -0.0000000208. The molecule has 4 nitrogen and oxygen atoms in total. The van der Waals surface area contributed by atoms with Gasteiger partial charge >= 0.3 is 0 Å². The largest absolute Gasteiger partial charge is 0.344 e. The van der Waals surface area contributed by atoms with Crippen molar-refractivity contribution in [2.45, 2.75) is 39.5 Å². The van der Waals surface area contributed by atoms with Gasteiger partial charge in [-0.25, -0.2) is 0 Å². The quantitative estimate of drug-likeness (QED) is 0.463. The van der Waals surface area contributed by atoms with Crippen LogP contribution >= 0.6 is 0 Å². The van der Waals surface area contributed by atoms with Crippen LogP contribution in [0.4, 0.5) is 0 Å². The smallest absolute Gasteiger partial charge is 0.0536 e. The lowest BCUT2D eigenvalue weighted by atomic mass is 10.2. The van der Waals surface area contributed by atoms with Gasteiger partial charge in [0.05, 0.1) is 0 Å². The van der Waals surface area contributed by atoms with Gasteiger partial charge in [-0.1, -0.05) is 39.5 Å². The number of rotatable bonds is 3. The van der Waals surface area contributed by atoms with E-state index in [0.717, 1.165) is 0 Å². The van der Waals surface area contributed by atoms with E-state index < -0.39 is 0 Å². The van der Waals surface area contributed by atoms with E-state index in [1.54, 1.807) is 0 Å². The van der Waals surface area contributed by atoms with Crippen LogP contribution in [0.2, 0.25) is 0 Å². The molecule has 0 rings (SSSR count). The standard InChI is InChI=1S/C6H14.4H3N/c1-3-5-6-4-2;;;;/h3-6H2,1-2H3;4*1H3. The van der Waals surface area contributed by atoms with Crippen molar-refractivity contribution in [3.05, 3.63) is 0 Å². The minimum Gasteiger partial charge on any atom is -0.344 e. The molecular weight excluding hydrogens is 128 g/mol. The van der Waals surface area contributed by atoms with Crippen LogP contribution in [0.25, 0.3) is 0 Å². The van der Waals surface area contributed by atoms with E-state index in [-0.39, 0.29) is 24.6 Å². The van der Waals surface area contributed by atoms with Crippen molar-refractivity contribution in [2.75, 3.05) is 0 Å². The average Bonchev–Trinajstić information content (AvgIpc) is 1.61. The van der Waals surface area contributed by atoms with Gasteiger partial charge in [0.2, 0.25) is 0 Å². The fourth-order valence-electron chi connectivity index (χ4n) is 0.500. The molecule has 0 aliphatic rings. The molecule has 0 aliphatic carbocycles. The van der Waals surface area contributed by atoms with Gasteiger partial charge < -0.3 is 24.6 Å². The second-order valence-electron chi connectivity index (χ2n) is 1.71. The highest BCUT2D eigenvalue weighted by atomic mass is 14.0. The van der Waals surface area contributed by atoms with Crippen molar-refractivity contribution >= 4 is 0 Å². The lowest BCUT2D eigenvalue weighted by Crippen LogP contribution is -1.66. The molecule has 0 atom stereocenters. The SMILES string of the molecule is CCCCCC.N.N.N.N. The van der Waals surface area contributed by atoms with E-state index in [1.165, 1.54) is 25.7 Å².